The molecule has 2 rings (SSSR count). The lowest BCUT2D eigenvalue weighted by Gasteiger charge is -2.42. The molecule has 0 bridgehead atoms. The van der Waals surface area contributed by atoms with Crippen LogP contribution in [0.25, 0.3) is 0 Å². The third-order valence-corrected chi connectivity index (χ3v) is 4.00. The monoisotopic (exact) mass is 291 g/mol. The summed E-state index contributed by atoms with van der Waals surface area (Å²) >= 11 is 4.89. The van der Waals surface area contributed by atoms with Crippen LogP contribution < -0.4 is 11.1 Å². The van der Waals surface area contributed by atoms with E-state index in [1.807, 2.05) is 12.3 Å². The highest BCUT2D eigenvalue weighted by atomic mass is 79.9. The van der Waals surface area contributed by atoms with Crippen LogP contribution in [0.2, 0.25) is 0 Å². The smallest absolute Gasteiger partial charge is 0.184 e. The van der Waals surface area contributed by atoms with E-state index in [0.29, 0.717) is 0 Å². The van der Waals surface area contributed by atoms with Crippen LogP contribution in [-0.4, -0.2) is 29.8 Å². The van der Waals surface area contributed by atoms with E-state index in [2.05, 4.69) is 26.2 Å². The molecule has 6 heteroatoms. The second kappa shape index (κ2) is 4.78. The number of hydrogen-bond acceptors (Lipinski definition) is 5. The molecule has 15 heavy (non-hydrogen) atoms. The van der Waals surface area contributed by atoms with Crippen LogP contribution in [0.4, 0.5) is 5.13 Å². The van der Waals surface area contributed by atoms with E-state index in [1.165, 1.54) is 0 Å². The van der Waals surface area contributed by atoms with Crippen LogP contribution in [0.1, 0.15) is 13.3 Å². The quantitative estimate of drug-likeness (QED) is 0.888. The Kier molecular flexibility index (Phi) is 3.60. The molecule has 3 N–H and O–H groups in total. The van der Waals surface area contributed by atoms with Crippen LogP contribution in [0.3, 0.4) is 0 Å². The molecule has 1 aliphatic rings. The van der Waals surface area contributed by atoms with Gasteiger partial charge in [-0.1, -0.05) is 0 Å². The molecule has 1 fully saturated rings. The summed E-state index contributed by atoms with van der Waals surface area (Å²) in [5.74, 6) is 0. The molecule has 1 aliphatic carbocycles. The zero-order valence-electron chi connectivity index (χ0n) is 8.44. The Labute approximate surface area is 101 Å². The molecule has 3 atom stereocenters. The van der Waals surface area contributed by atoms with Crippen molar-refractivity contribution in [2.75, 3.05) is 11.9 Å². The van der Waals surface area contributed by atoms with Crippen molar-refractivity contribution in [3.8, 4) is 0 Å². The van der Waals surface area contributed by atoms with Gasteiger partial charge in [0.15, 0.2) is 5.13 Å². The Morgan fingerprint density at radius 1 is 1.80 bits per heavy atom. The van der Waals surface area contributed by atoms with Gasteiger partial charge in [-0.15, -0.1) is 11.3 Å². The average Bonchev–Trinajstić information content (AvgIpc) is 2.61. The molecule has 0 aliphatic heterocycles. The largest absolute Gasteiger partial charge is 0.376 e. The van der Waals surface area contributed by atoms with Crippen LogP contribution in [-0.2, 0) is 4.74 Å². The highest BCUT2D eigenvalue weighted by molar-refractivity contribution is 9.10. The lowest BCUT2D eigenvalue weighted by molar-refractivity contribution is -0.0126. The molecule has 1 saturated carbocycles. The van der Waals surface area contributed by atoms with Gasteiger partial charge in [-0.3, -0.25) is 0 Å². The Morgan fingerprint density at radius 3 is 3.13 bits per heavy atom. The topological polar surface area (TPSA) is 60.2 Å². The van der Waals surface area contributed by atoms with Crippen LogP contribution in [0.15, 0.2) is 9.98 Å². The van der Waals surface area contributed by atoms with Gasteiger partial charge in [0.2, 0.25) is 0 Å². The molecule has 0 radical (unpaired) electrons. The normalized spacial score (nSPS) is 29.9. The van der Waals surface area contributed by atoms with Crippen molar-refractivity contribution < 1.29 is 4.74 Å². The number of rotatable bonds is 4. The molecule has 4 nitrogen and oxygen atoms in total. The van der Waals surface area contributed by atoms with Crippen molar-refractivity contribution in [2.24, 2.45) is 5.73 Å². The van der Waals surface area contributed by atoms with Crippen molar-refractivity contribution in [3.63, 3.8) is 0 Å². The average molecular weight is 292 g/mol. The van der Waals surface area contributed by atoms with Gasteiger partial charge >= 0.3 is 0 Å². The molecule has 0 saturated heterocycles. The Hall–Kier alpha value is -0.170. The minimum Gasteiger partial charge on any atom is -0.376 e. The fourth-order valence-electron chi connectivity index (χ4n) is 1.69. The summed E-state index contributed by atoms with van der Waals surface area (Å²) in [5, 5.41) is 6.15. The fourth-order valence-corrected chi connectivity index (χ4v) is 2.88. The van der Waals surface area contributed by atoms with Crippen molar-refractivity contribution in [2.45, 2.75) is 31.5 Å². The second-order valence-electron chi connectivity index (χ2n) is 3.54. The van der Waals surface area contributed by atoms with E-state index in [4.69, 9.17) is 10.5 Å². The number of ether oxygens (including phenoxy) is 1. The van der Waals surface area contributed by atoms with E-state index >= 15 is 0 Å². The van der Waals surface area contributed by atoms with E-state index in [1.54, 1.807) is 11.3 Å². The summed E-state index contributed by atoms with van der Waals surface area (Å²) in [6.07, 6.45) is 1.16. The minimum absolute atomic E-state index is 0.171. The van der Waals surface area contributed by atoms with Crippen LogP contribution in [0.5, 0.6) is 0 Å². The minimum atomic E-state index is 0.171. The predicted molar refractivity (Wildman–Crippen MR) is 65.2 cm³/mol. The number of nitrogens with one attached hydrogen (secondary N) is 1. The summed E-state index contributed by atoms with van der Waals surface area (Å²) in [6.45, 7) is 2.73. The highest BCUT2D eigenvalue weighted by Crippen LogP contribution is 2.28. The first-order valence-corrected chi connectivity index (χ1v) is 6.62. The van der Waals surface area contributed by atoms with E-state index < -0.39 is 0 Å². The zero-order valence-corrected chi connectivity index (χ0v) is 10.8. The van der Waals surface area contributed by atoms with Gasteiger partial charge in [0, 0.05) is 18.0 Å². The summed E-state index contributed by atoms with van der Waals surface area (Å²) in [6, 6.07) is 0.368. The predicted octanol–water partition coefficient (Wildman–Crippen LogP) is 1.82. The van der Waals surface area contributed by atoms with Gasteiger partial charge in [-0.05, 0) is 29.3 Å². The summed E-state index contributed by atoms with van der Waals surface area (Å²) in [5.41, 5.74) is 5.92. The van der Waals surface area contributed by atoms with Crippen molar-refractivity contribution in [3.05, 3.63) is 9.98 Å². The zero-order chi connectivity index (χ0) is 10.8. The van der Waals surface area contributed by atoms with Gasteiger partial charge in [-0.2, -0.15) is 0 Å². The molecule has 0 aromatic carbocycles. The molecule has 1 aromatic heterocycles. The fraction of sp³-hybridized carbons (Fsp3) is 0.667. The SMILES string of the molecule is CCOC1CC(N)C1Nc1nc(Br)cs1. The molecule has 0 spiro atoms. The maximum atomic E-state index is 5.92. The number of thiazole rings is 1. The van der Waals surface area contributed by atoms with Crippen molar-refractivity contribution in [1.29, 1.82) is 0 Å². The van der Waals surface area contributed by atoms with Gasteiger partial charge in [0.1, 0.15) is 4.60 Å². The molecule has 84 valence electrons. The number of halogens is 1. The number of hydrogen-bond donors (Lipinski definition) is 2. The number of nitrogens with two attached hydrogens (primary N) is 1. The molecule has 3 unspecified atom stereocenters. The highest BCUT2D eigenvalue weighted by Gasteiger charge is 2.39. The summed E-state index contributed by atoms with van der Waals surface area (Å²) in [7, 11) is 0. The van der Waals surface area contributed by atoms with Crippen molar-refractivity contribution >= 4 is 32.4 Å². The van der Waals surface area contributed by atoms with E-state index in [9.17, 15) is 0 Å². The third-order valence-electron chi connectivity index (χ3n) is 2.51. The van der Waals surface area contributed by atoms with E-state index in [-0.39, 0.29) is 18.2 Å². The van der Waals surface area contributed by atoms with Gasteiger partial charge in [-0.25, -0.2) is 4.98 Å². The Bertz CT molecular complexity index is 331. The van der Waals surface area contributed by atoms with Crippen LogP contribution in [0, 0.1) is 0 Å². The number of nitrogens with zero attached hydrogens (tertiary/aromatic N) is 1. The molecule has 1 aromatic rings. The first-order valence-electron chi connectivity index (χ1n) is 4.95. The first-order chi connectivity index (χ1) is 7.20. The third kappa shape index (κ3) is 2.50. The maximum Gasteiger partial charge on any atom is 0.184 e. The second-order valence-corrected chi connectivity index (χ2v) is 5.21. The summed E-state index contributed by atoms with van der Waals surface area (Å²) < 4.78 is 6.42. The number of anilines is 1. The number of aromatic nitrogens is 1. The van der Waals surface area contributed by atoms with Gasteiger partial charge < -0.3 is 15.8 Å². The molecular formula is C9H14BrN3OS. The first kappa shape index (κ1) is 11.3. The Morgan fingerprint density at radius 2 is 2.60 bits per heavy atom. The van der Waals surface area contributed by atoms with Crippen LogP contribution >= 0.6 is 27.3 Å². The lowest BCUT2D eigenvalue weighted by Crippen LogP contribution is -2.60. The van der Waals surface area contributed by atoms with Crippen molar-refractivity contribution in [1.82, 2.24) is 4.98 Å². The molecule has 0 amide bonds. The van der Waals surface area contributed by atoms with E-state index in [0.717, 1.165) is 22.8 Å². The molecular weight excluding hydrogens is 278 g/mol. The molecule has 1 heterocycles. The standard InChI is InChI=1S/C9H14BrN3OS/c1-2-14-6-3-5(11)8(6)13-9-12-7(10)4-15-9/h4-6,8H,2-3,11H2,1H3,(H,12,13). The van der Waals surface area contributed by atoms with Gasteiger partial charge in [0.25, 0.3) is 0 Å². The Balaban J connectivity index is 1.93. The maximum absolute atomic E-state index is 5.92. The summed E-state index contributed by atoms with van der Waals surface area (Å²) in [4.78, 5) is 4.27. The lowest BCUT2D eigenvalue weighted by atomic mass is 9.83. The van der Waals surface area contributed by atoms with Gasteiger partial charge in [0.05, 0.1) is 12.1 Å².